The van der Waals surface area contributed by atoms with Gasteiger partial charge in [-0.2, -0.15) is 13.2 Å². The molecule has 0 spiro atoms. The molecule has 0 unspecified atom stereocenters. The molecule has 0 atom stereocenters. The van der Waals surface area contributed by atoms with Gasteiger partial charge in [-0.1, -0.05) is 0 Å². The number of carboxylic acid groups (broad SMARTS) is 1. The van der Waals surface area contributed by atoms with Gasteiger partial charge in [0, 0.05) is 13.0 Å². The largest absolute Gasteiger partial charge is 0.476 e. The summed E-state index contributed by atoms with van der Waals surface area (Å²) >= 11 is 0. The Hall–Kier alpha value is -2.85. The number of rotatable bonds is 7. The molecule has 8 nitrogen and oxygen atoms in total. The number of ether oxygens (including phenoxy) is 2. The molecule has 0 saturated heterocycles. The Morgan fingerprint density at radius 1 is 1.29 bits per heavy atom. The van der Waals surface area contributed by atoms with Gasteiger partial charge in [0.05, 0.1) is 30.2 Å². The SMILES string of the molecule is COC(=O)CCCN(C(=O)OC(C)C)c1cc(C(F)(F)F)c(C)nc1C(=O)O. The average molecular weight is 406 g/mol. The van der Waals surface area contributed by atoms with Gasteiger partial charge in [0.2, 0.25) is 0 Å². The minimum Gasteiger partial charge on any atom is -0.476 e. The third-order valence-electron chi connectivity index (χ3n) is 3.54. The van der Waals surface area contributed by atoms with Gasteiger partial charge in [-0.15, -0.1) is 0 Å². The van der Waals surface area contributed by atoms with Crippen LogP contribution in [-0.2, 0) is 20.4 Å². The third kappa shape index (κ3) is 6.10. The highest BCUT2D eigenvalue weighted by Gasteiger charge is 2.36. The van der Waals surface area contributed by atoms with Crippen LogP contribution in [0.5, 0.6) is 0 Å². The molecule has 0 saturated carbocycles. The van der Waals surface area contributed by atoms with Crippen LogP contribution in [0.1, 0.15) is 48.4 Å². The monoisotopic (exact) mass is 406 g/mol. The van der Waals surface area contributed by atoms with Crippen LogP contribution >= 0.6 is 0 Å². The van der Waals surface area contributed by atoms with Crippen LogP contribution in [0.25, 0.3) is 0 Å². The molecule has 0 aliphatic heterocycles. The highest BCUT2D eigenvalue weighted by Crippen LogP contribution is 2.35. The van der Waals surface area contributed by atoms with Gasteiger partial charge in [-0.25, -0.2) is 14.6 Å². The fraction of sp³-hybridized carbons (Fsp3) is 0.529. The quantitative estimate of drug-likeness (QED) is 0.692. The number of hydrogen-bond acceptors (Lipinski definition) is 6. The molecular formula is C17H21F3N2O6. The van der Waals surface area contributed by atoms with Crippen molar-refractivity contribution in [1.29, 1.82) is 0 Å². The van der Waals surface area contributed by atoms with Crippen LogP contribution in [0.4, 0.5) is 23.7 Å². The number of hydrogen-bond donors (Lipinski definition) is 1. The summed E-state index contributed by atoms with van der Waals surface area (Å²) in [6, 6.07) is 0.547. The van der Waals surface area contributed by atoms with E-state index in [0.717, 1.165) is 18.9 Å². The summed E-state index contributed by atoms with van der Waals surface area (Å²) in [4.78, 5) is 39.4. The van der Waals surface area contributed by atoms with E-state index < -0.39 is 53.0 Å². The van der Waals surface area contributed by atoms with E-state index in [1.807, 2.05) is 0 Å². The van der Waals surface area contributed by atoms with Gasteiger partial charge in [0.25, 0.3) is 0 Å². The molecule has 0 fully saturated rings. The van der Waals surface area contributed by atoms with E-state index in [1.54, 1.807) is 0 Å². The highest BCUT2D eigenvalue weighted by molar-refractivity contribution is 5.98. The molecule has 28 heavy (non-hydrogen) atoms. The van der Waals surface area contributed by atoms with E-state index in [9.17, 15) is 32.7 Å². The first-order chi connectivity index (χ1) is 12.9. The van der Waals surface area contributed by atoms with Crippen molar-refractivity contribution in [2.45, 2.75) is 45.9 Å². The molecule has 1 rings (SSSR count). The summed E-state index contributed by atoms with van der Waals surface area (Å²) < 4.78 is 49.3. The molecule has 0 aromatic carbocycles. The lowest BCUT2D eigenvalue weighted by atomic mass is 10.1. The second kappa shape index (κ2) is 9.38. The van der Waals surface area contributed by atoms with Crippen molar-refractivity contribution in [3.05, 3.63) is 23.0 Å². The molecule has 1 aromatic rings. The smallest absolute Gasteiger partial charge is 0.418 e. The molecule has 0 radical (unpaired) electrons. The molecule has 156 valence electrons. The van der Waals surface area contributed by atoms with Crippen LogP contribution in [0.15, 0.2) is 6.07 Å². The first kappa shape index (κ1) is 23.2. The van der Waals surface area contributed by atoms with Gasteiger partial charge in [-0.3, -0.25) is 9.69 Å². The zero-order valence-corrected chi connectivity index (χ0v) is 15.8. The summed E-state index contributed by atoms with van der Waals surface area (Å²) in [6.07, 6.45) is -6.59. The Kier molecular flexibility index (Phi) is 7.77. The number of anilines is 1. The van der Waals surface area contributed by atoms with Gasteiger partial charge < -0.3 is 14.6 Å². The zero-order valence-electron chi connectivity index (χ0n) is 15.8. The Morgan fingerprint density at radius 2 is 1.89 bits per heavy atom. The second-order valence-corrected chi connectivity index (χ2v) is 6.06. The molecule has 1 N–H and O–H groups in total. The molecule has 1 heterocycles. The van der Waals surface area contributed by atoms with E-state index >= 15 is 0 Å². The van der Waals surface area contributed by atoms with E-state index in [-0.39, 0.29) is 19.4 Å². The van der Waals surface area contributed by atoms with E-state index in [0.29, 0.717) is 6.07 Å². The van der Waals surface area contributed by atoms with Crippen molar-refractivity contribution in [3.63, 3.8) is 0 Å². The van der Waals surface area contributed by atoms with Gasteiger partial charge in [-0.05, 0) is 33.3 Å². The maximum atomic E-state index is 13.3. The third-order valence-corrected chi connectivity index (χ3v) is 3.54. The standard InChI is InChI=1S/C17H21F3N2O6/c1-9(2)28-16(26)22(7-5-6-13(23)27-4)12-8-11(17(18,19)20)10(3)21-14(12)15(24)25/h8-9H,5-7H2,1-4H3,(H,24,25). The minimum absolute atomic E-state index is 0.00809. The molecule has 1 aromatic heterocycles. The summed E-state index contributed by atoms with van der Waals surface area (Å²) in [5.74, 6) is -2.20. The van der Waals surface area contributed by atoms with Crippen LogP contribution in [0, 0.1) is 6.92 Å². The normalized spacial score (nSPS) is 11.3. The number of nitrogens with zero attached hydrogens (tertiary/aromatic N) is 2. The predicted molar refractivity (Wildman–Crippen MR) is 91.1 cm³/mol. The van der Waals surface area contributed by atoms with Crippen molar-refractivity contribution in [2.24, 2.45) is 0 Å². The van der Waals surface area contributed by atoms with E-state index in [2.05, 4.69) is 9.72 Å². The number of aromatic carboxylic acids is 1. The van der Waals surface area contributed by atoms with Crippen LogP contribution in [0.3, 0.4) is 0 Å². The molecule has 11 heteroatoms. The molecular weight excluding hydrogens is 385 g/mol. The Balaban J connectivity index is 3.45. The van der Waals surface area contributed by atoms with Crippen LogP contribution in [0.2, 0.25) is 0 Å². The van der Waals surface area contributed by atoms with E-state index in [4.69, 9.17) is 4.74 Å². The Morgan fingerprint density at radius 3 is 2.36 bits per heavy atom. The van der Waals surface area contributed by atoms with Crippen molar-refractivity contribution in [1.82, 2.24) is 4.98 Å². The number of carbonyl (C=O) groups excluding carboxylic acids is 2. The number of pyridine rings is 1. The van der Waals surface area contributed by atoms with Crippen LogP contribution in [-0.4, -0.2) is 47.9 Å². The maximum absolute atomic E-state index is 13.3. The number of carbonyl (C=O) groups is 3. The van der Waals surface area contributed by atoms with Crippen molar-refractivity contribution in [3.8, 4) is 0 Å². The van der Waals surface area contributed by atoms with Gasteiger partial charge >= 0.3 is 24.2 Å². The molecule has 0 bridgehead atoms. The number of aromatic nitrogens is 1. The highest BCUT2D eigenvalue weighted by atomic mass is 19.4. The number of aryl methyl sites for hydroxylation is 1. The average Bonchev–Trinajstić information content (AvgIpc) is 2.56. The van der Waals surface area contributed by atoms with Crippen molar-refractivity contribution >= 4 is 23.7 Å². The number of methoxy groups -OCH3 is 1. The minimum atomic E-state index is -4.80. The summed E-state index contributed by atoms with van der Waals surface area (Å²) in [7, 11) is 1.16. The van der Waals surface area contributed by atoms with E-state index in [1.165, 1.54) is 13.8 Å². The summed E-state index contributed by atoms with van der Waals surface area (Å²) in [5.41, 5.74) is -3.02. The molecule has 0 aliphatic carbocycles. The Labute approximate surface area is 159 Å². The number of esters is 1. The first-order valence-corrected chi connectivity index (χ1v) is 8.25. The van der Waals surface area contributed by atoms with Gasteiger partial charge in [0.1, 0.15) is 0 Å². The lowest BCUT2D eigenvalue weighted by Crippen LogP contribution is -2.36. The van der Waals surface area contributed by atoms with Crippen LogP contribution < -0.4 is 4.90 Å². The summed E-state index contributed by atoms with van der Waals surface area (Å²) in [6.45, 7) is 3.80. The number of halogens is 3. The second-order valence-electron chi connectivity index (χ2n) is 6.06. The fourth-order valence-electron chi connectivity index (χ4n) is 2.30. The summed E-state index contributed by atoms with van der Waals surface area (Å²) in [5, 5.41) is 9.35. The lowest BCUT2D eigenvalue weighted by Gasteiger charge is -2.25. The van der Waals surface area contributed by atoms with Crippen molar-refractivity contribution < 1.29 is 42.1 Å². The number of alkyl halides is 3. The number of carboxylic acids is 1. The number of amides is 1. The zero-order chi connectivity index (χ0) is 21.6. The Bertz CT molecular complexity index is 749. The fourth-order valence-corrected chi connectivity index (χ4v) is 2.30. The molecule has 0 aliphatic rings. The van der Waals surface area contributed by atoms with Crippen molar-refractivity contribution in [2.75, 3.05) is 18.6 Å². The topological polar surface area (TPSA) is 106 Å². The first-order valence-electron chi connectivity index (χ1n) is 8.25. The predicted octanol–water partition coefficient (Wildman–Crippen LogP) is 3.41. The lowest BCUT2D eigenvalue weighted by molar-refractivity contribution is -0.140. The van der Waals surface area contributed by atoms with Gasteiger partial charge in [0.15, 0.2) is 5.69 Å². The maximum Gasteiger partial charge on any atom is 0.418 e. The molecule has 1 amide bonds.